The van der Waals surface area contributed by atoms with E-state index in [0.717, 1.165) is 10.8 Å². The van der Waals surface area contributed by atoms with Gasteiger partial charge in [0.2, 0.25) is 0 Å². The molecule has 0 saturated carbocycles. The maximum Gasteiger partial charge on any atom is 0.471 e. The van der Waals surface area contributed by atoms with Crippen LogP contribution in [0.2, 0.25) is 0 Å². The standard InChI is InChI=1S/C21H28F3N3O9/c1-19(2,3)34-12(29)8-26(17(31)21(22,23)24)6-10-7-27(18(32)25-15(10)30)16-14-13(11(9-28)33-16)35-20(4,5)36-14/h7,11,13-14,16,28H,6,8-9H2,1-5H3,(H,25,30,32)/t11-,13?,14+,16-/m1/s1. The molecule has 3 heterocycles. The van der Waals surface area contributed by atoms with Crippen molar-refractivity contribution in [3.05, 3.63) is 32.6 Å². The average molecular weight is 523 g/mol. The Balaban J connectivity index is 1.95. The van der Waals surface area contributed by atoms with Crippen molar-refractivity contribution in [3.63, 3.8) is 0 Å². The summed E-state index contributed by atoms with van der Waals surface area (Å²) in [5.74, 6) is -4.59. The van der Waals surface area contributed by atoms with Gasteiger partial charge in [0, 0.05) is 6.20 Å². The van der Waals surface area contributed by atoms with Crippen molar-refractivity contribution in [2.24, 2.45) is 0 Å². The fraction of sp³-hybridized carbons (Fsp3) is 0.714. The lowest BCUT2D eigenvalue weighted by atomic mass is 10.1. The van der Waals surface area contributed by atoms with Gasteiger partial charge in [0.15, 0.2) is 12.0 Å². The molecule has 1 amide bonds. The van der Waals surface area contributed by atoms with E-state index >= 15 is 0 Å². The van der Waals surface area contributed by atoms with Crippen LogP contribution >= 0.6 is 0 Å². The summed E-state index contributed by atoms with van der Waals surface area (Å²) in [6, 6.07) is 0. The SMILES string of the molecule is CC(C)(C)OC(=O)CN(Cc1cn([C@@H]2O[C@H](CO)C3OC(C)(C)O[C@@H]32)c(=O)[nH]c1=O)C(=O)C(F)(F)F. The molecule has 0 radical (unpaired) electrons. The molecule has 0 bridgehead atoms. The molecule has 36 heavy (non-hydrogen) atoms. The molecule has 3 rings (SSSR count). The topological polar surface area (TPSA) is 149 Å². The van der Waals surface area contributed by atoms with Crippen LogP contribution in [0.3, 0.4) is 0 Å². The van der Waals surface area contributed by atoms with Crippen LogP contribution in [0.25, 0.3) is 0 Å². The first-order chi connectivity index (χ1) is 16.4. The van der Waals surface area contributed by atoms with Crippen LogP contribution in [0, 0.1) is 0 Å². The number of esters is 1. The maximum atomic E-state index is 13.2. The highest BCUT2D eigenvalue weighted by molar-refractivity contribution is 5.85. The van der Waals surface area contributed by atoms with E-state index in [-0.39, 0.29) is 4.90 Å². The quantitative estimate of drug-likeness (QED) is 0.498. The first-order valence-corrected chi connectivity index (χ1v) is 11.0. The Morgan fingerprint density at radius 2 is 1.81 bits per heavy atom. The third-order valence-corrected chi connectivity index (χ3v) is 5.25. The molecule has 0 aliphatic carbocycles. The summed E-state index contributed by atoms with van der Waals surface area (Å²) in [4.78, 5) is 51.3. The fourth-order valence-electron chi connectivity index (χ4n) is 3.97. The van der Waals surface area contributed by atoms with Crippen LogP contribution in [-0.2, 0) is 35.1 Å². The van der Waals surface area contributed by atoms with Crippen molar-refractivity contribution in [3.8, 4) is 0 Å². The van der Waals surface area contributed by atoms with E-state index in [9.17, 15) is 37.5 Å². The van der Waals surface area contributed by atoms with E-state index < -0.39 is 90.5 Å². The number of halogens is 3. The number of hydrogen-bond acceptors (Lipinski definition) is 9. The van der Waals surface area contributed by atoms with E-state index in [1.807, 2.05) is 4.98 Å². The number of nitrogens with one attached hydrogen (secondary N) is 1. The first kappa shape index (κ1) is 27.8. The first-order valence-electron chi connectivity index (χ1n) is 11.0. The summed E-state index contributed by atoms with van der Waals surface area (Å²) < 4.78 is 62.7. The van der Waals surface area contributed by atoms with Crippen molar-refractivity contribution in [1.29, 1.82) is 0 Å². The third-order valence-electron chi connectivity index (χ3n) is 5.25. The molecule has 202 valence electrons. The Hall–Kier alpha value is -2.75. The van der Waals surface area contributed by atoms with Gasteiger partial charge in [0.05, 0.1) is 18.7 Å². The largest absolute Gasteiger partial charge is 0.471 e. The number of carbonyl (C=O) groups excluding carboxylic acids is 2. The summed E-state index contributed by atoms with van der Waals surface area (Å²) >= 11 is 0. The summed E-state index contributed by atoms with van der Waals surface area (Å²) in [5.41, 5.74) is -3.52. The number of H-pyrrole nitrogens is 1. The van der Waals surface area contributed by atoms with Crippen LogP contribution in [0.5, 0.6) is 0 Å². The van der Waals surface area contributed by atoms with Gasteiger partial charge in [-0.25, -0.2) is 4.79 Å². The van der Waals surface area contributed by atoms with E-state index in [4.69, 9.17) is 18.9 Å². The highest BCUT2D eigenvalue weighted by atomic mass is 19.4. The van der Waals surface area contributed by atoms with Gasteiger partial charge in [0.1, 0.15) is 30.5 Å². The molecule has 2 fully saturated rings. The zero-order chi connectivity index (χ0) is 27.2. The molecule has 2 saturated heterocycles. The summed E-state index contributed by atoms with van der Waals surface area (Å²) in [5, 5.41) is 9.64. The van der Waals surface area contributed by atoms with E-state index in [1.165, 1.54) is 20.8 Å². The Morgan fingerprint density at radius 3 is 2.36 bits per heavy atom. The Morgan fingerprint density at radius 1 is 1.19 bits per heavy atom. The number of rotatable bonds is 6. The lowest BCUT2D eigenvalue weighted by molar-refractivity contribution is -0.200. The number of amides is 1. The summed E-state index contributed by atoms with van der Waals surface area (Å²) in [6.07, 6.45) is -8.20. The summed E-state index contributed by atoms with van der Waals surface area (Å²) in [6.45, 7) is 5.14. The van der Waals surface area contributed by atoms with E-state index in [0.29, 0.717) is 0 Å². The molecule has 2 aliphatic rings. The Kier molecular flexibility index (Phi) is 7.43. The maximum absolute atomic E-state index is 13.2. The number of fused-ring (bicyclic) bond motifs is 1. The van der Waals surface area contributed by atoms with Crippen LogP contribution in [-0.4, -0.2) is 80.5 Å². The van der Waals surface area contributed by atoms with Gasteiger partial charge in [-0.2, -0.15) is 13.2 Å². The van der Waals surface area contributed by atoms with Gasteiger partial charge in [-0.1, -0.05) is 0 Å². The monoisotopic (exact) mass is 523 g/mol. The predicted octanol–water partition coefficient (Wildman–Crippen LogP) is 0.179. The molecule has 15 heteroatoms. The second kappa shape index (κ2) is 9.61. The van der Waals surface area contributed by atoms with Crippen LogP contribution in [0.1, 0.15) is 46.4 Å². The number of aliphatic hydroxyl groups is 1. The minimum atomic E-state index is -5.35. The van der Waals surface area contributed by atoms with Crippen molar-refractivity contribution >= 4 is 11.9 Å². The lowest BCUT2D eigenvalue weighted by Gasteiger charge is -2.26. The van der Waals surface area contributed by atoms with Crippen LogP contribution in [0.15, 0.2) is 15.8 Å². The van der Waals surface area contributed by atoms with Gasteiger partial charge in [-0.3, -0.25) is 23.9 Å². The highest BCUT2D eigenvalue weighted by Gasteiger charge is 2.56. The predicted molar refractivity (Wildman–Crippen MR) is 113 cm³/mol. The van der Waals surface area contributed by atoms with Gasteiger partial charge >= 0.3 is 23.7 Å². The van der Waals surface area contributed by atoms with Crippen LogP contribution in [0.4, 0.5) is 13.2 Å². The highest BCUT2D eigenvalue weighted by Crippen LogP contribution is 2.42. The number of aromatic nitrogens is 2. The van der Waals surface area contributed by atoms with Crippen molar-refractivity contribution < 1.29 is 46.8 Å². The van der Waals surface area contributed by atoms with Crippen molar-refractivity contribution in [1.82, 2.24) is 14.5 Å². The van der Waals surface area contributed by atoms with Crippen LogP contribution < -0.4 is 11.2 Å². The van der Waals surface area contributed by atoms with E-state index in [2.05, 4.69) is 0 Å². The van der Waals surface area contributed by atoms with Gasteiger partial charge in [0.25, 0.3) is 5.56 Å². The second-order valence-electron chi connectivity index (χ2n) is 9.88. The molecule has 1 aromatic rings. The normalized spacial score (nSPS) is 25.5. The van der Waals surface area contributed by atoms with Gasteiger partial charge in [-0.05, 0) is 34.6 Å². The molecular formula is C21H28F3N3O9. The Labute approximate surface area is 202 Å². The number of nitrogens with zero attached hydrogens (tertiary/aromatic N) is 2. The third kappa shape index (κ3) is 6.14. The number of aliphatic hydroxyl groups excluding tert-OH is 1. The molecule has 0 aromatic carbocycles. The Bertz CT molecular complexity index is 1120. The van der Waals surface area contributed by atoms with Gasteiger partial charge in [-0.15, -0.1) is 0 Å². The minimum Gasteiger partial charge on any atom is -0.459 e. The molecule has 1 aromatic heterocycles. The zero-order valence-electron chi connectivity index (χ0n) is 20.2. The van der Waals surface area contributed by atoms with Gasteiger partial charge < -0.3 is 29.0 Å². The summed E-state index contributed by atoms with van der Waals surface area (Å²) in [7, 11) is 0. The molecule has 0 spiro atoms. The zero-order valence-corrected chi connectivity index (χ0v) is 20.2. The molecule has 2 N–H and O–H groups in total. The van der Waals surface area contributed by atoms with Crippen molar-refractivity contribution in [2.45, 2.75) is 83.3 Å². The number of aromatic amines is 1. The molecule has 12 nitrogen and oxygen atoms in total. The smallest absolute Gasteiger partial charge is 0.459 e. The second-order valence-corrected chi connectivity index (χ2v) is 9.88. The number of hydrogen-bond donors (Lipinski definition) is 2. The van der Waals surface area contributed by atoms with Crippen molar-refractivity contribution in [2.75, 3.05) is 13.2 Å². The molecular weight excluding hydrogens is 495 g/mol. The fourth-order valence-corrected chi connectivity index (χ4v) is 3.97. The lowest BCUT2D eigenvalue weighted by Crippen LogP contribution is -2.46. The number of ether oxygens (including phenoxy) is 4. The minimum absolute atomic E-state index is 0.0978. The number of alkyl halides is 3. The molecule has 2 aliphatic heterocycles. The molecule has 4 atom stereocenters. The average Bonchev–Trinajstić information content (AvgIpc) is 3.19. The van der Waals surface area contributed by atoms with E-state index in [1.54, 1.807) is 13.8 Å². The number of carbonyl (C=O) groups is 2. The molecule has 1 unspecified atom stereocenters.